The summed E-state index contributed by atoms with van der Waals surface area (Å²) in [7, 11) is 0. The maximum absolute atomic E-state index is 3.59. The van der Waals surface area contributed by atoms with Gasteiger partial charge in [-0.1, -0.05) is 60.7 Å². The lowest BCUT2D eigenvalue weighted by molar-refractivity contribution is 1.26. The van der Waals surface area contributed by atoms with Gasteiger partial charge in [0.25, 0.3) is 0 Å². The molecule has 0 atom stereocenters. The topological polar surface area (TPSA) is 24.1 Å². The Kier molecular flexibility index (Phi) is 3.87. The van der Waals surface area contributed by atoms with Crippen LogP contribution >= 0.6 is 0 Å². The monoisotopic (exact) mass is 348 g/mol. The summed E-state index contributed by atoms with van der Waals surface area (Å²) >= 11 is 0. The first-order valence-electron chi connectivity index (χ1n) is 9.26. The lowest BCUT2D eigenvalue weighted by atomic mass is 10.1. The van der Waals surface area contributed by atoms with E-state index in [1.54, 1.807) is 0 Å². The second kappa shape index (κ2) is 6.65. The van der Waals surface area contributed by atoms with Crippen molar-refractivity contribution in [2.75, 3.05) is 10.6 Å². The predicted molar refractivity (Wildman–Crippen MR) is 114 cm³/mol. The first-order valence-corrected chi connectivity index (χ1v) is 9.26. The highest BCUT2D eigenvalue weighted by Gasteiger charge is 2.18. The lowest BCUT2D eigenvalue weighted by Gasteiger charge is -2.15. The van der Waals surface area contributed by atoms with Gasteiger partial charge in [-0.25, -0.2) is 0 Å². The Morgan fingerprint density at radius 1 is 0.481 bits per heavy atom. The van der Waals surface area contributed by atoms with Crippen LogP contribution in [0, 0.1) is 0 Å². The Balaban J connectivity index is 1.43. The van der Waals surface area contributed by atoms with Gasteiger partial charge in [-0.2, -0.15) is 0 Å². The molecule has 1 aliphatic carbocycles. The van der Waals surface area contributed by atoms with Crippen LogP contribution in [-0.4, -0.2) is 0 Å². The molecule has 0 fully saturated rings. The average Bonchev–Trinajstić information content (AvgIpc) is 3.08. The number of hydrogen-bond acceptors (Lipinski definition) is 2. The molecule has 130 valence electrons. The van der Waals surface area contributed by atoms with Gasteiger partial charge in [0.05, 0.1) is 11.4 Å². The van der Waals surface area contributed by atoms with Crippen molar-refractivity contribution < 1.29 is 0 Å². The summed E-state index contributed by atoms with van der Waals surface area (Å²) in [5, 5.41) is 7.08. The molecule has 0 radical (unpaired) electrons. The number of benzene rings is 4. The molecule has 0 unspecified atom stereocenters. The Labute approximate surface area is 159 Å². The van der Waals surface area contributed by atoms with Gasteiger partial charge in [0.15, 0.2) is 0 Å². The SMILES string of the molecule is c1ccc(Nc2ccccc2Nc2ccc3c(c2)Cc2ccccc2-3)cc1. The van der Waals surface area contributed by atoms with E-state index in [4.69, 9.17) is 0 Å². The van der Waals surface area contributed by atoms with Crippen LogP contribution in [0.1, 0.15) is 11.1 Å². The minimum atomic E-state index is 1.00. The highest BCUT2D eigenvalue weighted by molar-refractivity contribution is 5.82. The first-order chi connectivity index (χ1) is 13.4. The largest absolute Gasteiger partial charge is 0.354 e. The maximum atomic E-state index is 3.59. The standard InChI is InChI=1S/C25H20N2/c1-2-9-20(10-3-1)26-24-12-6-7-13-25(24)27-21-14-15-23-19(17-21)16-18-8-4-5-11-22(18)23/h1-15,17,26-27H,16H2. The van der Waals surface area contributed by atoms with E-state index in [0.717, 1.165) is 29.2 Å². The normalized spacial score (nSPS) is 11.6. The number of fused-ring (bicyclic) bond motifs is 3. The predicted octanol–water partition coefficient (Wildman–Crippen LogP) is 6.75. The molecule has 2 nitrogen and oxygen atoms in total. The highest BCUT2D eigenvalue weighted by Crippen LogP contribution is 2.38. The van der Waals surface area contributed by atoms with Crippen LogP contribution in [0.15, 0.2) is 97.1 Å². The second-order valence-corrected chi connectivity index (χ2v) is 6.87. The summed E-state index contributed by atoms with van der Waals surface area (Å²) in [6.45, 7) is 0. The number of hydrogen-bond donors (Lipinski definition) is 2. The van der Waals surface area contributed by atoms with Crippen LogP contribution in [0.5, 0.6) is 0 Å². The molecule has 0 amide bonds. The molecule has 0 aromatic heterocycles. The zero-order valence-electron chi connectivity index (χ0n) is 14.9. The number of para-hydroxylation sites is 3. The summed E-state index contributed by atoms with van der Waals surface area (Å²) in [5.74, 6) is 0. The van der Waals surface area contributed by atoms with Gasteiger partial charge >= 0.3 is 0 Å². The minimum absolute atomic E-state index is 1.00. The van der Waals surface area contributed by atoms with Crippen LogP contribution in [0.25, 0.3) is 11.1 Å². The molecule has 0 bridgehead atoms. The van der Waals surface area contributed by atoms with Crippen LogP contribution < -0.4 is 10.6 Å². The molecule has 0 heterocycles. The summed E-state index contributed by atoms with van der Waals surface area (Å²) < 4.78 is 0. The van der Waals surface area contributed by atoms with E-state index >= 15 is 0 Å². The Morgan fingerprint density at radius 3 is 1.93 bits per heavy atom. The van der Waals surface area contributed by atoms with E-state index in [9.17, 15) is 0 Å². The van der Waals surface area contributed by atoms with Gasteiger partial charge in [0, 0.05) is 11.4 Å². The summed E-state index contributed by atoms with van der Waals surface area (Å²) in [6.07, 6.45) is 1.00. The summed E-state index contributed by atoms with van der Waals surface area (Å²) in [4.78, 5) is 0. The molecule has 5 rings (SSSR count). The van der Waals surface area contributed by atoms with Gasteiger partial charge in [-0.15, -0.1) is 0 Å². The molecule has 27 heavy (non-hydrogen) atoms. The van der Waals surface area contributed by atoms with E-state index < -0.39 is 0 Å². The maximum Gasteiger partial charge on any atom is 0.0623 e. The van der Waals surface area contributed by atoms with E-state index in [1.165, 1.54) is 22.3 Å². The number of rotatable bonds is 4. The summed E-state index contributed by atoms with van der Waals surface area (Å²) in [6, 6.07) is 33.9. The van der Waals surface area contributed by atoms with Crippen molar-refractivity contribution in [3.05, 3.63) is 108 Å². The molecule has 1 aliphatic rings. The smallest absolute Gasteiger partial charge is 0.0623 e. The van der Waals surface area contributed by atoms with Crippen LogP contribution in [0.4, 0.5) is 22.7 Å². The molecule has 0 saturated heterocycles. The fraction of sp³-hybridized carbons (Fsp3) is 0.0400. The third kappa shape index (κ3) is 3.06. The van der Waals surface area contributed by atoms with Crippen LogP contribution in [-0.2, 0) is 6.42 Å². The quantitative estimate of drug-likeness (QED) is 0.375. The van der Waals surface area contributed by atoms with Crippen LogP contribution in [0.2, 0.25) is 0 Å². The first kappa shape index (κ1) is 15.7. The van der Waals surface area contributed by atoms with Crippen molar-refractivity contribution in [2.45, 2.75) is 6.42 Å². The Hall–Kier alpha value is -3.52. The van der Waals surface area contributed by atoms with Gasteiger partial charge in [-0.05, 0) is 65.1 Å². The van der Waals surface area contributed by atoms with Gasteiger partial charge in [0.1, 0.15) is 0 Å². The second-order valence-electron chi connectivity index (χ2n) is 6.87. The lowest BCUT2D eigenvalue weighted by Crippen LogP contribution is -1.97. The molecule has 4 aromatic carbocycles. The van der Waals surface area contributed by atoms with Gasteiger partial charge in [0.2, 0.25) is 0 Å². The number of nitrogens with one attached hydrogen (secondary N) is 2. The molecule has 2 heteroatoms. The Bertz CT molecular complexity index is 1100. The fourth-order valence-corrected chi connectivity index (χ4v) is 3.76. The average molecular weight is 348 g/mol. The molecule has 4 aromatic rings. The zero-order valence-corrected chi connectivity index (χ0v) is 14.9. The third-order valence-electron chi connectivity index (χ3n) is 5.05. The van der Waals surface area contributed by atoms with E-state index in [-0.39, 0.29) is 0 Å². The van der Waals surface area contributed by atoms with Crippen molar-refractivity contribution in [2.24, 2.45) is 0 Å². The summed E-state index contributed by atoms with van der Waals surface area (Å²) in [5.41, 5.74) is 9.84. The Morgan fingerprint density at radius 2 is 1.11 bits per heavy atom. The number of anilines is 4. The van der Waals surface area contributed by atoms with Crippen LogP contribution in [0.3, 0.4) is 0 Å². The van der Waals surface area contributed by atoms with E-state index in [0.29, 0.717) is 0 Å². The van der Waals surface area contributed by atoms with Crippen molar-refractivity contribution in [1.29, 1.82) is 0 Å². The highest BCUT2D eigenvalue weighted by atomic mass is 15.0. The molecular weight excluding hydrogens is 328 g/mol. The van der Waals surface area contributed by atoms with Gasteiger partial charge in [-0.3, -0.25) is 0 Å². The molecule has 0 spiro atoms. The zero-order chi connectivity index (χ0) is 18.1. The molecule has 2 N–H and O–H groups in total. The minimum Gasteiger partial charge on any atom is -0.354 e. The molecule has 0 aliphatic heterocycles. The fourth-order valence-electron chi connectivity index (χ4n) is 3.76. The van der Waals surface area contributed by atoms with Crippen molar-refractivity contribution in [3.63, 3.8) is 0 Å². The molecular formula is C25H20N2. The van der Waals surface area contributed by atoms with Crippen molar-refractivity contribution in [1.82, 2.24) is 0 Å². The van der Waals surface area contributed by atoms with Crippen molar-refractivity contribution in [3.8, 4) is 11.1 Å². The molecule has 0 saturated carbocycles. The van der Waals surface area contributed by atoms with E-state index in [1.807, 2.05) is 18.2 Å². The third-order valence-corrected chi connectivity index (χ3v) is 5.05. The van der Waals surface area contributed by atoms with Gasteiger partial charge < -0.3 is 10.6 Å². The van der Waals surface area contributed by atoms with E-state index in [2.05, 4.69) is 89.5 Å². The van der Waals surface area contributed by atoms with Crippen molar-refractivity contribution >= 4 is 22.7 Å².